The second-order valence-electron chi connectivity index (χ2n) is 6.02. The molecule has 0 fully saturated rings. The van der Waals surface area contributed by atoms with E-state index in [9.17, 15) is 9.59 Å². The van der Waals surface area contributed by atoms with Gasteiger partial charge in [-0.25, -0.2) is 0 Å². The van der Waals surface area contributed by atoms with Crippen molar-refractivity contribution in [1.29, 1.82) is 0 Å². The van der Waals surface area contributed by atoms with Crippen molar-refractivity contribution in [3.63, 3.8) is 0 Å². The zero-order valence-corrected chi connectivity index (χ0v) is 16.4. The highest BCUT2D eigenvalue weighted by molar-refractivity contribution is 8.16. The molecule has 5 heteroatoms. The van der Waals surface area contributed by atoms with Gasteiger partial charge in [-0.2, -0.15) is 10.5 Å². The van der Waals surface area contributed by atoms with Crippen LogP contribution in [0.2, 0.25) is 0 Å². The molecule has 0 aliphatic rings. The molecule has 0 aliphatic heterocycles. The van der Waals surface area contributed by atoms with Crippen molar-refractivity contribution in [3.05, 3.63) is 59.7 Å². The molecule has 2 aromatic carbocycles. The molecular weight excluding hydrogens is 348 g/mol. The maximum absolute atomic E-state index is 12.8. The molecule has 0 amide bonds. The molecule has 4 nitrogen and oxygen atoms in total. The quantitative estimate of drug-likeness (QED) is 0.527. The summed E-state index contributed by atoms with van der Waals surface area (Å²) in [6.07, 6.45) is 4.23. The lowest BCUT2D eigenvalue weighted by Crippen LogP contribution is -2.27. The predicted octanol–water partition coefficient (Wildman–Crippen LogP) is 3.33. The third kappa shape index (κ3) is 5.05. The van der Waals surface area contributed by atoms with E-state index in [1.165, 1.54) is 0 Å². The maximum Gasteiger partial charge on any atom is 0.176 e. The minimum Gasteiger partial charge on any atom is -0.493 e. The highest BCUT2D eigenvalue weighted by Gasteiger charge is 2.21. The van der Waals surface area contributed by atoms with Crippen LogP contribution in [-0.2, 0) is 22.4 Å². The highest BCUT2D eigenvalue weighted by atomic mass is 32.2. The lowest BCUT2D eigenvalue weighted by molar-refractivity contribution is -0.115. The zero-order chi connectivity index (χ0) is 19.1. The number of rotatable bonds is 8. The smallest absolute Gasteiger partial charge is 0.176 e. The Morgan fingerprint density at radius 1 is 0.808 bits per heavy atom. The summed E-state index contributed by atoms with van der Waals surface area (Å²) in [6.45, 7) is 0. The molecule has 0 heterocycles. The fourth-order valence-electron chi connectivity index (χ4n) is 2.73. The predicted molar refractivity (Wildman–Crippen MR) is 108 cm³/mol. The van der Waals surface area contributed by atoms with Crippen molar-refractivity contribution in [2.75, 3.05) is 26.7 Å². The Hall–Kier alpha value is -2.40. The molecular formula is C21H24O4S. The molecule has 26 heavy (non-hydrogen) atoms. The molecule has 0 unspecified atom stereocenters. The van der Waals surface area contributed by atoms with Crippen molar-refractivity contribution in [2.24, 2.45) is 0 Å². The lowest BCUT2D eigenvalue weighted by atomic mass is 10.0. The molecule has 0 radical (unpaired) electrons. The number of carbonyl (C=O) groups is 2. The van der Waals surface area contributed by atoms with E-state index in [0.717, 1.165) is 11.1 Å². The van der Waals surface area contributed by atoms with E-state index >= 15 is 0 Å². The van der Waals surface area contributed by atoms with Crippen LogP contribution in [0.1, 0.15) is 11.1 Å². The number of ether oxygens (including phenoxy) is 2. The number of methoxy groups -OCH3 is 2. The minimum atomic E-state index is -0.412. The first kappa shape index (κ1) is 19.9. The van der Waals surface area contributed by atoms with E-state index in [1.807, 2.05) is 48.9 Å². The lowest BCUT2D eigenvalue weighted by Gasteiger charge is -2.11. The maximum atomic E-state index is 12.8. The number of ketones is 2. The van der Waals surface area contributed by atoms with E-state index < -0.39 is 10.5 Å². The SMILES string of the molecule is COc1ccc(CC(=O)C(C(=O)Cc2ccccc2)=S(C)C)cc1OC. The van der Waals surface area contributed by atoms with Gasteiger partial charge < -0.3 is 9.47 Å². The van der Waals surface area contributed by atoms with Crippen LogP contribution in [0.4, 0.5) is 0 Å². The summed E-state index contributed by atoms with van der Waals surface area (Å²) in [5, 5.41) is 0. The topological polar surface area (TPSA) is 52.6 Å². The Balaban J connectivity index is 2.19. The van der Waals surface area contributed by atoms with Gasteiger partial charge in [-0.1, -0.05) is 36.4 Å². The summed E-state index contributed by atoms with van der Waals surface area (Å²) in [7, 11) is 2.71. The number of hydrogen-bond acceptors (Lipinski definition) is 4. The summed E-state index contributed by atoms with van der Waals surface area (Å²) >= 11 is 0. The van der Waals surface area contributed by atoms with Gasteiger partial charge in [0.05, 0.1) is 19.1 Å². The van der Waals surface area contributed by atoms with Gasteiger partial charge >= 0.3 is 0 Å². The molecule has 0 atom stereocenters. The van der Waals surface area contributed by atoms with Crippen LogP contribution in [0, 0.1) is 0 Å². The molecule has 0 saturated heterocycles. The average Bonchev–Trinajstić information content (AvgIpc) is 2.62. The van der Waals surface area contributed by atoms with Crippen LogP contribution >= 0.6 is 10.5 Å². The first-order valence-corrected chi connectivity index (χ1v) is 10.3. The van der Waals surface area contributed by atoms with E-state index in [4.69, 9.17) is 9.47 Å². The monoisotopic (exact) mass is 372 g/mol. The van der Waals surface area contributed by atoms with Crippen LogP contribution < -0.4 is 9.47 Å². The van der Waals surface area contributed by atoms with Crippen molar-refractivity contribution < 1.29 is 19.1 Å². The molecule has 2 rings (SSSR count). The van der Waals surface area contributed by atoms with Crippen LogP contribution in [0.3, 0.4) is 0 Å². The van der Waals surface area contributed by atoms with Gasteiger partial charge in [0.2, 0.25) is 0 Å². The second kappa shape index (κ2) is 9.34. The molecule has 0 spiro atoms. The van der Waals surface area contributed by atoms with Crippen LogP contribution in [0.25, 0.3) is 0 Å². The Labute approximate surface area is 157 Å². The summed E-state index contributed by atoms with van der Waals surface area (Å²) in [4.78, 5) is 25.9. The van der Waals surface area contributed by atoms with E-state index in [-0.39, 0.29) is 24.4 Å². The standard InChI is InChI=1S/C21H24O4S/c1-24-19-11-10-16(14-20(19)25-2)13-18(23)21(26(3)4)17(22)12-15-8-6-5-7-9-15/h5-11,14H,12-13H2,1-4H3. The second-order valence-corrected chi connectivity index (χ2v) is 8.06. The summed E-state index contributed by atoms with van der Waals surface area (Å²) in [5.74, 6) is 0.947. The molecule has 2 aromatic rings. The van der Waals surface area contributed by atoms with Gasteiger partial charge in [-0.05, 0) is 35.8 Å². The number of benzene rings is 2. The van der Waals surface area contributed by atoms with Crippen molar-refractivity contribution >= 4 is 26.9 Å². The van der Waals surface area contributed by atoms with E-state index in [1.54, 1.807) is 26.4 Å². The zero-order valence-electron chi connectivity index (χ0n) is 15.6. The van der Waals surface area contributed by atoms with Crippen LogP contribution in [-0.4, -0.2) is 43.2 Å². The first-order chi connectivity index (χ1) is 12.5. The van der Waals surface area contributed by atoms with Gasteiger partial charge in [0, 0.05) is 12.8 Å². The van der Waals surface area contributed by atoms with E-state index in [0.29, 0.717) is 16.4 Å². The molecule has 0 bridgehead atoms. The Morgan fingerprint density at radius 3 is 1.92 bits per heavy atom. The Bertz CT molecular complexity index is 821. The average molecular weight is 372 g/mol. The van der Waals surface area contributed by atoms with Gasteiger partial charge in [0.1, 0.15) is 0 Å². The normalized spacial score (nSPS) is 10.5. The molecule has 0 aliphatic carbocycles. The van der Waals surface area contributed by atoms with Gasteiger partial charge in [-0.3, -0.25) is 9.59 Å². The summed E-state index contributed by atoms with van der Waals surface area (Å²) < 4.78 is 10.5. The number of carbonyl (C=O) groups excluding carboxylic acids is 2. The third-order valence-electron chi connectivity index (χ3n) is 3.93. The largest absolute Gasteiger partial charge is 0.493 e. The number of hydrogen-bond donors (Lipinski definition) is 0. The highest BCUT2D eigenvalue weighted by Crippen LogP contribution is 2.28. The molecule has 0 aromatic heterocycles. The van der Waals surface area contributed by atoms with Gasteiger partial charge in [-0.15, -0.1) is 0 Å². The summed E-state index contributed by atoms with van der Waals surface area (Å²) in [6, 6.07) is 14.9. The summed E-state index contributed by atoms with van der Waals surface area (Å²) in [5.41, 5.74) is 1.71. The van der Waals surface area contributed by atoms with Crippen molar-refractivity contribution in [1.82, 2.24) is 0 Å². The van der Waals surface area contributed by atoms with E-state index in [2.05, 4.69) is 0 Å². The first-order valence-electron chi connectivity index (χ1n) is 8.22. The third-order valence-corrected chi connectivity index (χ3v) is 5.21. The minimum absolute atomic E-state index is 0.102. The number of Topliss-reactive ketones (excluding diaryl/α,β-unsaturated/α-hetero) is 2. The van der Waals surface area contributed by atoms with Gasteiger partial charge in [0.25, 0.3) is 0 Å². The fraction of sp³-hybridized carbons (Fsp3) is 0.286. The molecule has 0 saturated carbocycles. The van der Waals surface area contributed by atoms with Crippen LogP contribution in [0.5, 0.6) is 11.5 Å². The molecule has 138 valence electrons. The molecule has 0 N–H and O–H groups in total. The Morgan fingerprint density at radius 2 is 1.38 bits per heavy atom. The Kier molecular flexibility index (Phi) is 7.16. The van der Waals surface area contributed by atoms with Crippen molar-refractivity contribution in [2.45, 2.75) is 12.8 Å². The van der Waals surface area contributed by atoms with Crippen LogP contribution in [0.15, 0.2) is 48.5 Å². The van der Waals surface area contributed by atoms with Gasteiger partial charge in [0.15, 0.2) is 23.1 Å². The van der Waals surface area contributed by atoms with Crippen molar-refractivity contribution in [3.8, 4) is 11.5 Å². The fourth-order valence-corrected chi connectivity index (χ4v) is 3.78.